The highest BCUT2D eigenvalue weighted by atomic mass is 16.4. The molecule has 1 aliphatic rings. The summed E-state index contributed by atoms with van der Waals surface area (Å²) in [5, 5.41) is 8.89. The van der Waals surface area contributed by atoms with Crippen LogP contribution in [0.3, 0.4) is 0 Å². The van der Waals surface area contributed by atoms with Crippen LogP contribution in [-0.2, 0) is 6.42 Å². The Labute approximate surface area is 94.7 Å². The van der Waals surface area contributed by atoms with Gasteiger partial charge in [-0.15, -0.1) is 0 Å². The van der Waals surface area contributed by atoms with Crippen LogP contribution in [0.4, 0.5) is 5.69 Å². The Balaban J connectivity index is 2.18. The molecule has 4 heteroatoms. The number of hydrogen-bond donors (Lipinski definition) is 2. The van der Waals surface area contributed by atoms with Crippen molar-refractivity contribution in [1.82, 2.24) is 0 Å². The lowest BCUT2D eigenvalue weighted by atomic mass is 10.1. The van der Waals surface area contributed by atoms with E-state index in [-0.39, 0.29) is 0 Å². The van der Waals surface area contributed by atoms with Crippen LogP contribution in [0.1, 0.15) is 22.3 Å². The fourth-order valence-electron chi connectivity index (χ4n) is 2.12. The fraction of sp³-hybridized carbons (Fsp3) is 0.417. The van der Waals surface area contributed by atoms with E-state index in [4.69, 9.17) is 10.8 Å². The molecule has 0 fully saturated rings. The summed E-state index contributed by atoms with van der Waals surface area (Å²) in [7, 11) is 0. The van der Waals surface area contributed by atoms with Crippen molar-refractivity contribution in [2.45, 2.75) is 12.8 Å². The number of hydrogen-bond acceptors (Lipinski definition) is 3. The van der Waals surface area contributed by atoms with Crippen LogP contribution in [0.15, 0.2) is 18.2 Å². The predicted molar refractivity (Wildman–Crippen MR) is 63.0 cm³/mol. The Morgan fingerprint density at radius 2 is 2.31 bits per heavy atom. The highest BCUT2D eigenvalue weighted by Gasteiger charge is 2.19. The number of aromatic carboxylic acids is 1. The van der Waals surface area contributed by atoms with Crippen LogP contribution in [0.2, 0.25) is 0 Å². The minimum absolute atomic E-state index is 0.374. The molecule has 0 saturated carbocycles. The molecule has 0 spiro atoms. The van der Waals surface area contributed by atoms with E-state index in [1.54, 1.807) is 12.1 Å². The molecular formula is C12H16N2O2. The summed E-state index contributed by atoms with van der Waals surface area (Å²) in [5.41, 5.74) is 8.16. The SMILES string of the molecule is NCCCN1CCc2cc(C(=O)O)ccc21. The second kappa shape index (κ2) is 4.53. The average Bonchev–Trinajstić information content (AvgIpc) is 2.68. The van der Waals surface area contributed by atoms with Crippen molar-refractivity contribution < 1.29 is 9.90 Å². The lowest BCUT2D eigenvalue weighted by Gasteiger charge is -2.18. The Morgan fingerprint density at radius 3 is 3.00 bits per heavy atom. The van der Waals surface area contributed by atoms with Gasteiger partial charge in [0.25, 0.3) is 0 Å². The number of nitrogens with two attached hydrogens (primary N) is 1. The van der Waals surface area contributed by atoms with Gasteiger partial charge in [0.05, 0.1) is 5.56 Å². The molecule has 1 aromatic carbocycles. The third kappa shape index (κ3) is 2.02. The van der Waals surface area contributed by atoms with Gasteiger partial charge >= 0.3 is 5.97 Å². The van der Waals surface area contributed by atoms with Gasteiger partial charge in [0.15, 0.2) is 0 Å². The zero-order valence-corrected chi connectivity index (χ0v) is 9.15. The van der Waals surface area contributed by atoms with Crippen molar-refractivity contribution >= 4 is 11.7 Å². The standard InChI is InChI=1S/C12H16N2O2/c13-5-1-6-14-7-4-9-8-10(12(15)16)2-3-11(9)14/h2-3,8H,1,4-7,13H2,(H,15,16). The minimum Gasteiger partial charge on any atom is -0.478 e. The monoisotopic (exact) mass is 220 g/mol. The Morgan fingerprint density at radius 1 is 1.50 bits per heavy atom. The number of anilines is 1. The quantitative estimate of drug-likeness (QED) is 0.797. The van der Waals surface area contributed by atoms with Crippen LogP contribution in [-0.4, -0.2) is 30.7 Å². The molecule has 16 heavy (non-hydrogen) atoms. The lowest BCUT2D eigenvalue weighted by molar-refractivity contribution is 0.0697. The van der Waals surface area contributed by atoms with E-state index < -0.39 is 5.97 Å². The molecule has 3 N–H and O–H groups in total. The molecule has 1 heterocycles. The van der Waals surface area contributed by atoms with Crippen molar-refractivity contribution in [3.05, 3.63) is 29.3 Å². The molecule has 2 rings (SSSR count). The van der Waals surface area contributed by atoms with Crippen LogP contribution >= 0.6 is 0 Å². The molecule has 0 bridgehead atoms. The first-order chi connectivity index (χ1) is 7.72. The summed E-state index contributed by atoms with van der Waals surface area (Å²) >= 11 is 0. The van der Waals surface area contributed by atoms with Crippen LogP contribution in [0.5, 0.6) is 0 Å². The molecule has 0 unspecified atom stereocenters. The maximum atomic E-state index is 10.8. The summed E-state index contributed by atoms with van der Waals surface area (Å²) in [6, 6.07) is 5.35. The zero-order chi connectivity index (χ0) is 11.5. The van der Waals surface area contributed by atoms with Gasteiger partial charge in [-0.05, 0) is 43.1 Å². The summed E-state index contributed by atoms with van der Waals surface area (Å²) in [6.45, 7) is 2.62. The normalized spacial score (nSPS) is 13.9. The van der Waals surface area contributed by atoms with E-state index in [9.17, 15) is 4.79 Å². The number of carboxylic acid groups (broad SMARTS) is 1. The third-order valence-corrected chi connectivity index (χ3v) is 2.95. The molecule has 0 aliphatic carbocycles. The Bertz CT molecular complexity index is 404. The summed E-state index contributed by atoms with van der Waals surface area (Å²) in [6.07, 6.45) is 1.90. The number of carboxylic acids is 1. The number of carbonyl (C=O) groups is 1. The van der Waals surface area contributed by atoms with Gasteiger partial charge in [-0.2, -0.15) is 0 Å². The largest absolute Gasteiger partial charge is 0.478 e. The Kier molecular flexibility index (Phi) is 3.10. The predicted octanol–water partition coefficient (Wildman–Crippen LogP) is 1.10. The van der Waals surface area contributed by atoms with Crippen molar-refractivity contribution in [3.63, 3.8) is 0 Å². The van der Waals surface area contributed by atoms with Crippen LogP contribution in [0, 0.1) is 0 Å². The molecule has 0 atom stereocenters. The van der Waals surface area contributed by atoms with E-state index in [0.29, 0.717) is 12.1 Å². The van der Waals surface area contributed by atoms with Gasteiger partial charge in [0.2, 0.25) is 0 Å². The highest BCUT2D eigenvalue weighted by molar-refractivity contribution is 5.88. The lowest BCUT2D eigenvalue weighted by Crippen LogP contribution is -2.23. The van der Waals surface area contributed by atoms with Crippen molar-refractivity contribution in [2.75, 3.05) is 24.5 Å². The topological polar surface area (TPSA) is 66.6 Å². The summed E-state index contributed by atoms with van der Waals surface area (Å²) < 4.78 is 0. The third-order valence-electron chi connectivity index (χ3n) is 2.95. The van der Waals surface area contributed by atoms with Crippen molar-refractivity contribution in [1.29, 1.82) is 0 Å². The average molecular weight is 220 g/mol. The molecule has 1 aromatic rings. The van der Waals surface area contributed by atoms with Crippen LogP contribution in [0.25, 0.3) is 0 Å². The highest BCUT2D eigenvalue weighted by Crippen LogP contribution is 2.28. The van der Waals surface area contributed by atoms with E-state index in [1.165, 1.54) is 5.69 Å². The summed E-state index contributed by atoms with van der Waals surface area (Å²) in [5.74, 6) is -0.858. The second-order valence-corrected chi connectivity index (χ2v) is 4.03. The number of rotatable bonds is 4. The van der Waals surface area contributed by atoms with E-state index in [1.807, 2.05) is 6.07 Å². The molecule has 86 valence electrons. The van der Waals surface area contributed by atoms with Gasteiger partial charge in [0.1, 0.15) is 0 Å². The van der Waals surface area contributed by atoms with E-state index >= 15 is 0 Å². The molecular weight excluding hydrogens is 204 g/mol. The second-order valence-electron chi connectivity index (χ2n) is 4.03. The molecule has 0 aromatic heterocycles. The summed E-state index contributed by atoms with van der Waals surface area (Å²) in [4.78, 5) is 13.1. The first kappa shape index (κ1) is 11.0. The fourth-order valence-corrected chi connectivity index (χ4v) is 2.12. The van der Waals surface area contributed by atoms with Gasteiger partial charge in [-0.25, -0.2) is 4.79 Å². The molecule has 0 amide bonds. The van der Waals surface area contributed by atoms with Crippen LogP contribution < -0.4 is 10.6 Å². The first-order valence-electron chi connectivity index (χ1n) is 5.53. The van der Waals surface area contributed by atoms with Gasteiger partial charge in [0, 0.05) is 18.8 Å². The van der Waals surface area contributed by atoms with Gasteiger partial charge in [-0.1, -0.05) is 0 Å². The minimum atomic E-state index is -0.858. The van der Waals surface area contributed by atoms with E-state index in [0.717, 1.165) is 31.5 Å². The molecule has 0 saturated heterocycles. The molecule has 4 nitrogen and oxygen atoms in total. The zero-order valence-electron chi connectivity index (χ0n) is 9.15. The smallest absolute Gasteiger partial charge is 0.335 e. The maximum Gasteiger partial charge on any atom is 0.335 e. The van der Waals surface area contributed by atoms with Gasteiger partial charge < -0.3 is 15.7 Å². The van der Waals surface area contributed by atoms with E-state index in [2.05, 4.69) is 4.90 Å². The Hall–Kier alpha value is -1.55. The van der Waals surface area contributed by atoms with Gasteiger partial charge in [-0.3, -0.25) is 0 Å². The maximum absolute atomic E-state index is 10.8. The number of nitrogens with zero attached hydrogens (tertiary/aromatic N) is 1. The van der Waals surface area contributed by atoms with Crippen molar-refractivity contribution in [3.8, 4) is 0 Å². The first-order valence-corrected chi connectivity index (χ1v) is 5.53. The molecule has 0 radical (unpaired) electrons. The van der Waals surface area contributed by atoms with Crippen molar-refractivity contribution in [2.24, 2.45) is 5.73 Å². The number of fused-ring (bicyclic) bond motifs is 1. The number of benzene rings is 1. The molecule has 1 aliphatic heterocycles.